The summed E-state index contributed by atoms with van der Waals surface area (Å²) >= 11 is 0. The van der Waals surface area contributed by atoms with Crippen molar-refractivity contribution in [1.82, 2.24) is 31.5 Å². The lowest BCUT2D eigenvalue weighted by molar-refractivity contribution is -0.145. The third kappa shape index (κ3) is 9.65. The number of ketones is 1. The Kier molecular flexibility index (Phi) is 11.6. The van der Waals surface area contributed by atoms with Crippen LogP contribution < -0.4 is 26.6 Å². The van der Waals surface area contributed by atoms with E-state index in [9.17, 15) is 28.8 Å². The molecule has 6 amide bonds. The molecule has 1 saturated heterocycles. The predicted molar refractivity (Wildman–Crippen MR) is 179 cm³/mol. The van der Waals surface area contributed by atoms with Crippen LogP contribution in [0.15, 0.2) is 43.0 Å². The molecule has 12 heteroatoms. The van der Waals surface area contributed by atoms with Crippen LogP contribution in [0.25, 0.3) is 0 Å². The summed E-state index contributed by atoms with van der Waals surface area (Å²) in [6.07, 6.45) is 2.03. The van der Waals surface area contributed by atoms with Crippen molar-refractivity contribution in [3.63, 3.8) is 0 Å². The second-order valence-electron chi connectivity index (χ2n) is 15.3. The third-order valence-electron chi connectivity index (χ3n) is 8.90. The van der Waals surface area contributed by atoms with E-state index in [4.69, 9.17) is 0 Å². The van der Waals surface area contributed by atoms with Gasteiger partial charge in [-0.05, 0) is 61.8 Å². The molecule has 258 valence electrons. The van der Waals surface area contributed by atoms with Crippen molar-refractivity contribution >= 4 is 35.4 Å². The van der Waals surface area contributed by atoms with Gasteiger partial charge >= 0.3 is 6.03 Å². The van der Waals surface area contributed by atoms with Gasteiger partial charge in [-0.25, -0.2) is 4.79 Å². The van der Waals surface area contributed by atoms with Crippen molar-refractivity contribution in [2.75, 3.05) is 13.1 Å². The van der Waals surface area contributed by atoms with E-state index in [1.165, 1.54) is 4.90 Å². The van der Waals surface area contributed by atoms with Crippen LogP contribution in [0, 0.1) is 22.7 Å². The molecular weight excluding hydrogens is 600 g/mol. The van der Waals surface area contributed by atoms with E-state index in [0.29, 0.717) is 13.0 Å². The molecular formula is C35H52N6O6. The summed E-state index contributed by atoms with van der Waals surface area (Å²) in [5.74, 6) is -3.40. The number of carbonyl (C=O) groups excluding carboxylic acids is 6. The fraction of sp³-hybridized carbons (Fsp3) is 0.600. The number of likely N-dealkylation sites (tertiary alicyclic amines) is 1. The number of Topliss-reactive ketones (excluding diaryl/α,β-unsaturated/α-hetero) is 1. The van der Waals surface area contributed by atoms with Gasteiger partial charge in [0.25, 0.3) is 5.91 Å². The van der Waals surface area contributed by atoms with Crippen LogP contribution in [0.1, 0.15) is 73.8 Å². The number of hydrogen-bond acceptors (Lipinski definition) is 6. The van der Waals surface area contributed by atoms with Crippen LogP contribution in [0.2, 0.25) is 0 Å². The van der Waals surface area contributed by atoms with Gasteiger partial charge in [0.05, 0.1) is 12.6 Å². The maximum atomic E-state index is 14.1. The number of rotatable bonds is 13. The average Bonchev–Trinajstić information content (AvgIpc) is 3.29. The van der Waals surface area contributed by atoms with Crippen molar-refractivity contribution in [2.24, 2.45) is 22.7 Å². The molecule has 12 nitrogen and oxygen atoms in total. The molecule has 2 aliphatic rings. The van der Waals surface area contributed by atoms with Crippen LogP contribution in [0.4, 0.5) is 4.79 Å². The fourth-order valence-corrected chi connectivity index (χ4v) is 6.21. The first-order valence-corrected chi connectivity index (χ1v) is 16.2. The first-order chi connectivity index (χ1) is 21.8. The van der Waals surface area contributed by atoms with E-state index in [-0.39, 0.29) is 30.2 Å². The standard InChI is InChI=1S/C35H52N6O6/c1-10-11-17-23(27(43)30(45)37-19-24(42)36-18-21-15-13-12-14-16-21)38-29(44)26-25-22(35(25,8)9)20-41(26)31(46)28(33(2,3)4)39-32(47)40-34(5,6)7/h10,12-16,22-23,25-26,28H,1,11,17-20H2,2-9H3,(H,36,42)(H,37,45)(H,38,44)(H2,39,40,47)/t22-,23?,25-,26-,28+/m0/s1. The van der Waals surface area contributed by atoms with Crippen molar-refractivity contribution in [3.8, 4) is 0 Å². The van der Waals surface area contributed by atoms with Crippen molar-refractivity contribution in [3.05, 3.63) is 48.6 Å². The van der Waals surface area contributed by atoms with Gasteiger partial charge in [-0.15, -0.1) is 6.58 Å². The molecule has 1 unspecified atom stereocenters. The zero-order valence-corrected chi connectivity index (χ0v) is 29.0. The molecule has 47 heavy (non-hydrogen) atoms. The molecule has 1 aliphatic heterocycles. The van der Waals surface area contributed by atoms with Crippen molar-refractivity contribution in [1.29, 1.82) is 0 Å². The molecule has 0 aromatic heterocycles. The van der Waals surface area contributed by atoms with Crippen molar-refractivity contribution < 1.29 is 28.8 Å². The quantitative estimate of drug-likeness (QED) is 0.162. The topological polar surface area (TPSA) is 166 Å². The smallest absolute Gasteiger partial charge is 0.315 e. The lowest BCUT2D eigenvalue weighted by atomic mass is 9.85. The highest BCUT2D eigenvalue weighted by molar-refractivity contribution is 6.38. The van der Waals surface area contributed by atoms with Crippen LogP contribution >= 0.6 is 0 Å². The number of carbonyl (C=O) groups is 6. The van der Waals surface area contributed by atoms with Gasteiger partial charge in [-0.1, -0.05) is 71.0 Å². The zero-order valence-electron chi connectivity index (χ0n) is 29.0. The SMILES string of the molecule is C=CCCC(NC(=O)[C@@H]1[C@@H]2[C@H](CN1C(=O)[C@@H](NC(=O)NC(C)(C)C)C(C)(C)C)C2(C)C)C(=O)C(=O)NCC(=O)NCc1ccccc1. The average molecular weight is 653 g/mol. The van der Waals surface area contributed by atoms with Crippen LogP contribution in [0.5, 0.6) is 0 Å². The largest absolute Gasteiger partial charge is 0.350 e. The fourth-order valence-electron chi connectivity index (χ4n) is 6.21. The van der Waals surface area contributed by atoms with Gasteiger partial charge in [-0.2, -0.15) is 0 Å². The minimum Gasteiger partial charge on any atom is -0.350 e. The molecule has 1 aromatic carbocycles. The van der Waals surface area contributed by atoms with E-state index >= 15 is 0 Å². The Morgan fingerprint density at radius 1 is 0.979 bits per heavy atom. The molecule has 5 N–H and O–H groups in total. The highest BCUT2D eigenvalue weighted by Gasteiger charge is 2.70. The summed E-state index contributed by atoms with van der Waals surface area (Å²) in [5.41, 5.74) is -0.529. The molecule has 3 rings (SSSR count). The Bertz CT molecular complexity index is 1360. The second-order valence-corrected chi connectivity index (χ2v) is 15.3. The van der Waals surface area contributed by atoms with Crippen LogP contribution in [-0.4, -0.2) is 77.1 Å². The van der Waals surface area contributed by atoms with Gasteiger partial charge in [0, 0.05) is 18.6 Å². The number of piperidine rings is 1. The monoisotopic (exact) mass is 652 g/mol. The number of nitrogens with zero attached hydrogens (tertiary/aromatic N) is 1. The number of fused-ring (bicyclic) bond motifs is 1. The first-order valence-electron chi connectivity index (χ1n) is 16.2. The second kappa shape index (κ2) is 14.7. The third-order valence-corrected chi connectivity index (χ3v) is 8.90. The molecule has 1 heterocycles. The van der Waals surface area contributed by atoms with E-state index in [1.807, 2.05) is 85.7 Å². The number of allylic oxidation sites excluding steroid dienone is 1. The van der Waals surface area contributed by atoms with Gasteiger partial charge in [0.2, 0.25) is 23.5 Å². The van der Waals surface area contributed by atoms with Gasteiger partial charge < -0.3 is 31.5 Å². The summed E-state index contributed by atoms with van der Waals surface area (Å²) in [6, 6.07) is 5.73. The molecule has 2 fully saturated rings. The van der Waals surface area contributed by atoms with Crippen LogP contribution in [0.3, 0.4) is 0 Å². The Balaban J connectivity index is 1.73. The number of hydrogen-bond donors (Lipinski definition) is 5. The summed E-state index contributed by atoms with van der Waals surface area (Å²) < 4.78 is 0. The molecule has 0 radical (unpaired) electrons. The summed E-state index contributed by atoms with van der Waals surface area (Å²) in [4.78, 5) is 80.8. The Labute approximate surface area is 278 Å². The highest BCUT2D eigenvalue weighted by Crippen LogP contribution is 2.65. The molecule has 0 spiro atoms. The lowest BCUT2D eigenvalue weighted by Crippen LogP contribution is -2.62. The normalized spacial score (nSPS) is 20.9. The number of amides is 6. The van der Waals surface area contributed by atoms with Crippen LogP contribution in [-0.2, 0) is 30.5 Å². The van der Waals surface area contributed by atoms with E-state index in [2.05, 4.69) is 33.2 Å². The number of urea groups is 1. The molecule has 0 bridgehead atoms. The minimum absolute atomic E-state index is 0.0613. The first kappa shape index (κ1) is 37.2. The summed E-state index contributed by atoms with van der Waals surface area (Å²) in [7, 11) is 0. The van der Waals surface area contributed by atoms with Gasteiger partial charge in [-0.3, -0.25) is 24.0 Å². The maximum Gasteiger partial charge on any atom is 0.315 e. The number of benzene rings is 1. The Hall–Kier alpha value is -4.22. The maximum absolute atomic E-state index is 14.1. The van der Waals surface area contributed by atoms with E-state index in [1.54, 1.807) is 6.08 Å². The zero-order chi connectivity index (χ0) is 35.3. The van der Waals surface area contributed by atoms with E-state index < -0.39 is 71.1 Å². The predicted octanol–water partition coefficient (Wildman–Crippen LogP) is 2.43. The van der Waals surface area contributed by atoms with Gasteiger partial charge in [0.15, 0.2) is 0 Å². The number of nitrogens with one attached hydrogen (secondary N) is 5. The molecule has 1 saturated carbocycles. The summed E-state index contributed by atoms with van der Waals surface area (Å²) in [5, 5.41) is 13.4. The minimum atomic E-state index is -1.19. The molecule has 5 atom stereocenters. The lowest BCUT2D eigenvalue weighted by Gasteiger charge is -2.38. The highest BCUT2D eigenvalue weighted by atomic mass is 16.2. The Morgan fingerprint density at radius 2 is 1.62 bits per heavy atom. The van der Waals surface area contributed by atoms with E-state index in [0.717, 1.165) is 5.56 Å². The molecule has 1 aliphatic carbocycles. The summed E-state index contributed by atoms with van der Waals surface area (Å²) in [6.45, 7) is 19.0. The molecule has 1 aromatic rings. The Morgan fingerprint density at radius 3 is 2.19 bits per heavy atom. The van der Waals surface area contributed by atoms with Crippen molar-refractivity contribution in [2.45, 2.75) is 98.4 Å². The van der Waals surface area contributed by atoms with Gasteiger partial charge in [0.1, 0.15) is 12.1 Å².